The first-order chi connectivity index (χ1) is 11.9. The minimum atomic E-state index is -0.399. The van der Waals surface area contributed by atoms with Crippen molar-refractivity contribution in [2.24, 2.45) is 0 Å². The summed E-state index contributed by atoms with van der Waals surface area (Å²) in [4.78, 5) is 36.9. The maximum atomic E-state index is 12.6. The molecule has 1 heterocycles. The van der Waals surface area contributed by atoms with E-state index in [2.05, 4.69) is 10.6 Å². The van der Waals surface area contributed by atoms with Gasteiger partial charge in [-0.3, -0.25) is 14.4 Å². The summed E-state index contributed by atoms with van der Waals surface area (Å²) in [5.41, 5.74) is 0.866. The Morgan fingerprint density at radius 3 is 2.44 bits per heavy atom. The molecule has 0 saturated carbocycles. The lowest BCUT2D eigenvalue weighted by atomic mass is 10.2. The quantitative estimate of drug-likeness (QED) is 0.846. The smallest absolute Gasteiger partial charge is 0.274 e. The van der Waals surface area contributed by atoms with E-state index < -0.39 is 5.56 Å². The maximum Gasteiger partial charge on any atom is 0.274 e. The Morgan fingerprint density at radius 2 is 1.80 bits per heavy atom. The predicted molar refractivity (Wildman–Crippen MR) is 97.7 cm³/mol. The Morgan fingerprint density at radius 1 is 1.12 bits per heavy atom. The molecule has 132 valence electrons. The van der Waals surface area contributed by atoms with Crippen molar-refractivity contribution >= 4 is 17.5 Å². The number of aryl methyl sites for hydroxylation is 1. The van der Waals surface area contributed by atoms with Crippen molar-refractivity contribution in [2.75, 3.05) is 5.32 Å². The van der Waals surface area contributed by atoms with Crippen LogP contribution in [0.5, 0.6) is 0 Å². The summed E-state index contributed by atoms with van der Waals surface area (Å²) < 4.78 is 1.36. The van der Waals surface area contributed by atoms with Gasteiger partial charge < -0.3 is 15.2 Å². The van der Waals surface area contributed by atoms with Gasteiger partial charge in [0.05, 0.1) is 0 Å². The number of nitrogens with zero attached hydrogens (tertiary/aromatic N) is 1. The third kappa shape index (κ3) is 4.79. The molecule has 2 aromatic rings. The van der Waals surface area contributed by atoms with Gasteiger partial charge in [-0.15, -0.1) is 0 Å². The number of hydrogen-bond donors (Lipinski definition) is 2. The lowest BCUT2D eigenvalue weighted by molar-refractivity contribution is -0.122. The predicted octanol–water partition coefficient (Wildman–Crippen LogP) is 2.32. The molecule has 2 N–H and O–H groups in total. The number of pyridine rings is 1. The highest BCUT2D eigenvalue weighted by atomic mass is 16.2. The van der Waals surface area contributed by atoms with E-state index in [4.69, 9.17) is 0 Å². The summed E-state index contributed by atoms with van der Waals surface area (Å²) in [6.45, 7) is 5.55. The van der Waals surface area contributed by atoms with Crippen LogP contribution in [0.25, 0.3) is 0 Å². The van der Waals surface area contributed by atoms with Crippen molar-refractivity contribution < 1.29 is 9.59 Å². The van der Waals surface area contributed by atoms with Crippen LogP contribution in [0.15, 0.2) is 47.3 Å². The maximum absolute atomic E-state index is 12.6. The molecule has 0 aliphatic heterocycles. The number of anilines is 1. The molecule has 1 aromatic heterocycles. The Hall–Kier alpha value is -2.89. The second-order valence-corrected chi connectivity index (χ2v) is 5.98. The fourth-order valence-electron chi connectivity index (χ4n) is 2.31. The highest BCUT2D eigenvalue weighted by molar-refractivity contribution is 6.04. The molecule has 25 heavy (non-hydrogen) atoms. The van der Waals surface area contributed by atoms with Gasteiger partial charge in [0.1, 0.15) is 12.2 Å². The number of aromatic nitrogens is 1. The monoisotopic (exact) mass is 341 g/mol. The molecule has 0 spiro atoms. The molecule has 2 rings (SSSR count). The lowest BCUT2D eigenvalue weighted by Crippen LogP contribution is -2.38. The van der Waals surface area contributed by atoms with Gasteiger partial charge >= 0.3 is 0 Å². The normalized spacial score (nSPS) is 11.6. The van der Waals surface area contributed by atoms with Crippen LogP contribution < -0.4 is 16.2 Å². The lowest BCUT2D eigenvalue weighted by Gasteiger charge is -2.15. The van der Waals surface area contributed by atoms with Gasteiger partial charge in [-0.05, 0) is 44.5 Å². The van der Waals surface area contributed by atoms with Crippen molar-refractivity contribution in [2.45, 2.75) is 39.8 Å². The molecule has 1 atom stereocenters. The molecule has 6 heteroatoms. The van der Waals surface area contributed by atoms with Gasteiger partial charge in [0.2, 0.25) is 5.91 Å². The summed E-state index contributed by atoms with van der Waals surface area (Å²) in [7, 11) is 0. The van der Waals surface area contributed by atoms with Crippen LogP contribution in [0.3, 0.4) is 0 Å². The molecular formula is C19H23N3O3. The van der Waals surface area contributed by atoms with Crippen LogP contribution in [0.2, 0.25) is 0 Å². The Bertz CT molecular complexity index is 812. The summed E-state index contributed by atoms with van der Waals surface area (Å²) in [5, 5.41) is 5.45. The Kier molecular flexibility index (Phi) is 6.11. The molecular weight excluding hydrogens is 318 g/mol. The first kappa shape index (κ1) is 18.4. The highest BCUT2D eigenvalue weighted by Gasteiger charge is 2.14. The largest absolute Gasteiger partial charge is 0.352 e. The average Bonchev–Trinajstić information content (AvgIpc) is 2.61. The average molecular weight is 341 g/mol. The van der Waals surface area contributed by atoms with E-state index in [1.165, 1.54) is 4.57 Å². The number of carbonyl (C=O) groups is 2. The molecule has 0 radical (unpaired) electrons. The van der Waals surface area contributed by atoms with Gasteiger partial charge in [0.25, 0.3) is 11.5 Å². The van der Waals surface area contributed by atoms with Gasteiger partial charge in [-0.25, -0.2) is 0 Å². The highest BCUT2D eigenvalue weighted by Crippen LogP contribution is 2.07. The zero-order valence-electron chi connectivity index (χ0n) is 14.7. The molecule has 6 nitrogen and oxygen atoms in total. The van der Waals surface area contributed by atoms with Crippen molar-refractivity contribution in [1.29, 1.82) is 0 Å². The second kappa shape index (κ2) is 8.28. The van der Waals surface area contributed by atoms with Gasteiger partial charge in [-0.1, -0.05) is 25.1 Å². The van der Waals surface area contributed by atoms with Crippen molar-refractivity contribution in [1.82, 2.24) is 9.88 Å². The summed E-state index contributed by atoms with van der Waals surface area (Å²) in [6.07, 6.45) is 0.812. The standard InChI is InChI=1S/C19H23N3O3/c1-4-13(2)20-17(23)12-22-14(3)10-11-16(19(22)25)21-18(24)15-8-6-5-7-9-15/h5-11,13H,4,12H2,1-3H3,(H,20,23)(H,21,24)/t13-/m0/s1. The van der Waals surface area contributed by atoms with Gasteiger partial charge in [0.15, 0.2) is 0 Å². The molecule has 1 aromatic carbocycles. The first-order valence-electron chi connectivity index (χ1n) is 8.28. The fraction of sp³-hybridized carbons (Fsp3) is 0.316. The zero-order chi connectivity index (χ0) is 18.4. The van der Waals surface area contributed by atoms with E-state index in [-0.39, 0.29) is 30.1 Å². The summed E-state index contributed by atoms with van der Waals surface area (Å²) in [5.74, 6) is -0.594. The fourth-order valence-corrected chi connectivity index (χ4v) is 2.31. The topological polar surface area (TPSA) is 80.2 Å². The van der Waals surface area contributed by atoms with Gasteiger partial charge in [0, 0.05) is 17.3 Å². The van der Waals surface area contributed by atoms with Crippen LogP contribution in [0, 0.1) is 6.92 Å². The minimum Gasteiger partial charge on any atom is -0.352 e. The van der Waals surface area contributed by atoms with Crippen molar-refractivity contribution in [3.05, 3.63) is 64.1 Å². The third-order valence-corrected chi connectivity index (χ3v) is 4.00. The molecule has 0 unspecified atom stereocenters. The Balaban J connectivity index is 2.20. The van der Waals surface area contributed by atoms with Crippen molar-refractivity contribution in [3.63, 3.8) is 0 Å². The number of carbonyl (C=O) groups excluding carboxylic acids is 2. The zero-order valence-corrected chi connectivity index (χ0v) is 14.7. The molecule has 0 fully saturated rings. The Labute approximate surface area is 146 Å². The van der Waals surface area contributed by atoms with E-state index in [0.717, 1.165) is 6.42 Å². The van der Waals surface area contributed by atoms with Crippen LogP contribution >= 0.6 is 0 Å². The number of rotatable bonds is 6. The number of nitrogens with one attached hydrogen (secondary N) is 2. The van der Waals surface area contributed by atoms with Crippen LogP contribution in [-0.4, -0.2) is 22.4 Å². The van der Waals surface area contributed by atoms with E-state index >= 15 is 0 Å². The van der Waals surface area contributed by atoms with E-state index in [9.17, 15) is 14.4 Å². The molecule has 2 amide bonds. The van der Waals surface area contributed by atoms with E-state index in [1.807, 2.05) is 19.9 Å². The number of amides is 2. The molecule has 0 bridgehead atoms. The van der Waals surface area contributed by atoms with E-state index in [1.54, 1.807) is 43.3 Å². The third-order valence-electron chi connectivity index (χ3n) is 4.00. The molecule has 0 aliphatic carbocycles. The number of benzene rings is 1. The van der Waals surface area contributed by atoms with Crippen LogP contribution in [0.1, 0.15) is 36.3 Å². The van der Waals surface area contributed by atoms with E-state index in [0.29, 0.717) is 11.3 Å². The molecule has 0 aliphatic rings. The van der Waals surface area contributed by atoms with Crippen LogP contribution in [0.4, 0.5) is 5.69 Å². The second-order valence-electron chi connectivity index (χ2n) is 5.98. The SMILES string of the molecule is CC[C@H](C)NC(=O)Cn1c(C)ccc(NC(=O)c2ccccc2)c1=O. The van der Waals surface area contributed by atoms with Crippen molar-refractivity contribution in [3.8, 4) is 0 Å². The van der Waals surface area contributed by atoms with Gasteiger partial charge in [-0.2, -0.15) is 0 Å². The summed E-state index contributed by atoms with van der Waals surface area (Å²) >= 11 is 0. The minimum absolute atomic E-state index is 0.0458. The first-order valence-corrected chi connectivity index (χ1v) is 8.28. The van der Waals surface area contributed by atoms with Crippen LogP contribution in [-0.2, 0) is 11.3 Å². The number of hydrogen-bond acceptors (Lipinski definition) is 3. The molecule has 0 saturated heterocycles. The summed E-state index contributed by atoms with van der Waals surface area (Å²) in [6, 6.07) is 12.0.